The topological polar surface area (TPSA) is 17.1 Å². The van der Waals surface area contributed by atoms with Gasteiger partial charge in [0.1, 0.15) is 6.29 Å². The van der Waals surface area contributed by atoms with Crippen molar-refractivity contribution in [3.63, 3.8) is 0 Å². The molecule has 24 heavy (non-hydrogen) atoms. The normalized spacial score (nSPS) is 11.7. The zero-order chi connectivity index (χ0) is 16.6. The lowest BCUT2D eigenvalue weighted by Crippen LogP contribution is -2.26. The van der Waals surface area contributed by atoms with E-state index in [1.165, 1.54) is 0 Å². The molecule has 0 aromatic heterocycles. The Hall–Kier alpha value is -2.93. The highest BCUT2D eigenvalue weighted by molar-refractivity contribution is 5.96. The van der Waals surface area contributed by atoms with Crippen LogP contribution in [0.4, 0.5) is 0 Å². The number of hydrogen-bond acceptors (Lipinski definition) is 1. The number of benzene rings is 4. The van der Waals surface area contributed by atoms with E-state index in [4.69, 9.17) is 0 Å². The van der Waals surface area contributed by atoms with Gasteiger partial charge in [0.25, 0.3) is 0 Å². The molecule has 1 nitrogen and oxygen atoms in total. The SMILES string of the molecule is CC(C=O)(c1cccc2ccccc12)c1cccc2ccccc12. The zero-order valence-electron chi connectivity index (χ0n) is 13.6. The molecule has 0 fully saturated rings. The Balaban J connectivity index is 2.07. The van der Waals surface area contributed by atoms with Gasteiger partial charge >= 0.3 is 0 Å². The molecule has 0 heterocycles. The van der Waals surface area contributed by atoms with Crippen molar-refractivity contribution in [2.45, 2.75) is 12.3 Å². The number of carbonyl (C=O) groups excluding carboxylic acids is 1. The van der Waals surface area contributed by atoms with Crippen molar-refractivity contribution in [3.05, 3.63) is 96.1 Å². The van der Waals surface area contributed by atoms with Crippen molar-refractivity contribution in [1.82, 2.24) is 0 Å². The molecule has 0 spiro atoms. The standard InChI is InChI=1S/C23H18O/c1-23(16-24,21-14-6-10-17-8-2-4-12-19(17)21)22-15-7-11-18-9-3-5-13-20(18)22/h2-16H,1H3. The van der Waals surface area contributed by atoms with Crippen LogP contribution in [0, 0.1) is 0 Å². The first-order chi connectivity index (χ1) is 11.7. The third-order valence-corrected chi connectivity index (χ3v) is 4.93. The Labute approximate surface area is 141 Å². The molecule has 0 saturated carbocycles. The van der Waals surface area contributed by atoms with Crippen molar-refractivity contribution in [3.8, 4) is 0 Å². The summed E-state index contributed by atoms with van der Waals surface area (Å²) in [6, 6.07) is 28.9. The molecule has 0 aliphatic heterocycles. The average Bonchev–Trinajstić information content (AvgIpc) is 2.66. The van der Waals surface area contributed by atoms with Gasteiger partial charge in [-0.25, -0.2) is 0 Å². The van der Waals surface area contributed by atoms with Crippen LogP contribution in [0.5, 0.6) is 0 Å². The first-order valence-electron chi connectivity index (χ1n) is 8.17. The van der Waals surface area contributed by atoms with E-state index in [9.17, 15) is 4.79 Å². The summed E-state index contributed by atoms with van der Waals surface area (Å²) in [5.41, 5.74) is 1.40. The highest BCUT2D eigenvalue weighted by atomic mass is 16.1. The molecule has 0 N–H and O–H groups in total. The third kappa shape index (κ3) is 2.13. The van der Waals surface area contributed by atoms with Crippen molar-refractivity contribution in [2.75, 3.05) is 0 Å². The van der Waals surface area contributed by atoms with Gasteiger partial charge in [-0.05, 0) is 39.6 Å². The first-order valence-corrected chi connectivity index (χ1v) is 8.17. The molecule has 1 heteroatoms. The fraction of sp³-hybridized carbons (Fsp3) is 0.0870. The summed E-state index contributed by atoms with van der Waals surface area (Å²) >= 11 is 0. The van der Waals surface area contributed by atoms with Gasteiger partial charge in [-0.2, -0.15) is 0 Å². The van der Waals surface area contributed by atoms with E-state index in [1.54, 1.807) is 0 Å². The molecule has 0 radical (unpaired) electrons. The maximum atomic E-state index is 12.3. The van der Waals surface area contributed by atoms with Crippen LogP contribution in [-0.4, -0.2) is 6.29 Å². The monoisotopic (exact) mass is 310 g/mol. The molecule has 0 unspecified atom stereocenters. The summed E-state index contributed by atoms with van der Waals surface area (Å²) in [5, 5.41) is 4.57. The lowest BCUT2D eigenvalue weighted by Gasteiger charge is -2.27. The van der Waals surface area contributed by atoms with Gasteiger partial charge in [-0.1, -0.05) is 84.9 Å². The van der Waals surface area contributed by atoms with E-state index in [0.717, 1.165) is 39.0 Å². The fourth-order valence-corrected chi connectivity index (χ4v) is 3.63. The average molecular weight is 310 g/mol. The minimum absolute atomic E-state index is 0.693. The highest BCUT2D eigenvalue weighted by Crippen LogP contribution is 2.38. The number of hydrogen-bond donors (Lipinski definition) is 0. The molecule has 4 aromatic rings. The van der Waals surface area contributed by atoms with Crippen LogP contribution in [-0.2, 0) is 10.2 Å². The first kappa shape index (κ1) is 14.6. The van der Waals surface area contributed by atoms with Crippen LogP contribution in [0.15, 0.2) is 84.9 Å². The quantitative estimate of drug-likeness (QED) is 0.457. The van der Waals surface area contributed by atoms with Crippen LogP contribution in [0.3, 0.4) is 0 Å². The Morgan fingerprint density at radius 2 is 1.04 bits per heavy atom. The second kappa shape index (κ2) is 5.61. The number of carbonyl (C=O) groups is 1. The van der Waals surface area contributed by atoms with E-state index in [2.05, 4.69) is 48.5 Å². The fourth-order valence-electron chi connectivity index (χ4n) is 3.63. The van der Waals surface area contributed by atoms with Gasteiger partial charge in [0, 0.05) is 0 Å². The van der Waals surface area contributed by atoms with Crippen molar-refractivity contribution in [2.24, 2.45) is 0 Å². The molecule has 0 aliphatic rings. The van der Waals surface area contributed by atoms with Gasteiger partial charge in [0.05, 0.1) is 5.41 Å². The van der Waals surface area contributed by atoms with Crippen molar-refractivity contribution < 1.29 is 4.79 Å². The molecule has 0 atom stereocenters. The molecule has 0 bridgehead atoms. The smallest absolute Gasteiger partial charge is 0.134 e. The summed E-state index contributed by atoms with van der Waals surface area (Å²) in [5.74, 6) is 0. The maximum Gasteiger partial charge on any atom is 0.134 e. The van der Waals surface area contributed by atoms with Gasteiger partial charge in [0.15, 0.2) is 0 Å². The van der Waals surface area contributed by atoms with E-state index in [0.29, 0.717) is 0 Å². The van der Waals surface area contributed by atoms with E-state index >= 15 is 0 Å². The predicted molar refractivity (Wildman–Crippen MR) is 100 cm³/mol. The molecular formula is C23H18O. The zero-order valence-corrected chi connectivity index (χ0v) is 13.6. The Morgan fingerprint density at radius 1 is 0.625 bits per heavy atom. The van der Waals surface area contributed by atoms with Crippen LogP contribution in [0.1, 0.15) is 18.1 Å². The van der Waals surface area contributed by atoms with Crippen molar-refractivity contribution >= 4 is 27.8 Å². The molecule has 116 valence electrons. The molecule has 0 saturated heterocycles. The summed E-state index contributed by atoms with van der Waals surface area (Å²) < 4.78 is 0. The van der Waals surface area contributed by atoms with E-state index in [1.807, 2.05) is 43.3 Å². The molecule has 4 aromatic carbocycles. The molecule has 4 rings (SSSR count). The van der Waals surface area contributed by atoms with Crippen LogP contribution >= 0.6 is 0 Å². The number of fused-ring (bicyclic) bond motifs is 2. The van der Waals surface area contributed by atoms with Crippen LogP contribution in [0.25, 0.3) is 21.5 Å². The summed E-state index contributed by atoms with van der Waals surface area (Å²) in [7, 11) is 0. The van der Waals surface area contributed by atoms with E-state index < -0.39 is 5.41 Å². The Kier molecular flexibility index (Phi) is 3.42. The largest absolute Gasteiger partial charge is 0.302 e. The lowest BCUT2D eigenvalue weighted by atomic mass is 9.74. The number of rotatable bonds is 3. The summed E-state index contributed by atoms with van der Waals surface area (Å²) in [6.07, 6.45) is 1.08. The molecule has 0 aliphatic carbocycles. The predicted octanol–water partition coefficient (Wildman–Crippen LogP) is 5.50. The van der Waals surface area contributed by atoms with Gasteiger partial charge in [0.2, 0.25) is 0 Å². The summed E-state index contributed by atoms with van der Waals surface area (Å²) in [4.78, 5) is 12.3. The lowest BCUT2D eigenvalue weighted by molar-refractivity contribution is -0.110. The second-order valence-electron chi connectivity index (χ2n) is 6.37. The van der Waals surface area contributed by atoms with Gasteiger partial charge in [-0.3, -0.25) is 0 Å². The van der Waals surface area contributed by atoms with E-state index in [-0.39, 0.29) is 0 Å². The Morgan fingerprint density at radius 3 is 1.50 bits per heavy atom. The van der Waals surface area contributed by atoms with Gasteiger partial charge < -0.3 is 4.79 Å². The van der Waals surface area contributed by atoms with Crippen molar-refractivity contribution in [1.29, 1.82) is 0 Å². The third-order valence-electron chi connectivity index (χ3n) is 4.93. The van der Waals surface area contributed by atoms with Crippen LogP contribution < -0.4 is 0 Å². The second-order valence-corrected chi connectivity index (χ2v) is 6.37. The minimum atomic E-state index is -0.693. The molecular weight excluding hydrogens is 292 g/mol. The number of aldehydes is 1. The maximum absolute atomic E-state index is 12.3. The molecule has 0 amide bonds. The highest BCUT2D eigenvalue weighted by Gasteiger charge is 2.31. The Bertz CT molecular complexity index is 956. The minimum Gasteiger partial charge on any atom is -0.302 e. The van der Waals surface area contributed by atoms with Gasteiger partial charge in [-0.15, -0.1) is 0 Å². The van der Waals surface area contributed by atoms with Crippen LogP contribution in [0.2, 0.25) is 0 Å². The summed E-state index contributed by atoms with van der Waals surface area (Å²) in [6.45, 7) is 2.02.